The van der Waals surface area contributed by atoms with E-state index in [1.807, 2.05) is 6.92 Å². The number of carbonyl (C=O) groups excluding carboxylic acids is 1. The molecule has 0 fully saturated rings. The van der Waals surface area contributed by atoms with Gasteiger partial charge in [0.25, 0.3) is 0 Å². The third-order valence-corrected chi connectivity index (χ3v) is 4.33. The maximum atomic E-state index is 12.8. The number of thiazole rings is 1. The minimum Gasteiger partial charge on any atom is -0.387 e. The van der Waals surface area contributed by atoms with Crippen molar-refractivity contribution in [3.63, 3.8) is 0 Å². The summed E-state index contributed by atoms with van der Waals surface area (Å²) < 4.78 is 13.4. The molecule has 1 aromatic carbocycles. The van der Waals surface area contributed by atoms with Crippen LogP contribution in [0.3, 0.4) is 0 Å². The second-order valence-electron chi connectivity index (χ2n) is 4.61. The number of aromatic amines is 1. The highest BCUT2D eigenvalue weighted by Crippen LogP contribution is 2.15. The van der Waals surface area contributed by atoms with E-state index in [1.54, 1.807) is 0 Å². The molecule has 4 nitrogen and oxygen atoms in total. The molecule has 0 spiro atoms. The number of nitrogens with one attached hydrogen (secondary N) is 2. The Morgan fingerprint density at radius 3 is 2.71 bits per heavy atom. The number of hydrogen-bond acceptors (Lipinski definition) is 4. The van der Waals surface area contributed by atoms with Gasteiger partial charge in [-0.3, -0.25) is 4.79 Å². The van der Waals surface area contributed by atoms with Gasteiger partial charge in [0.05, 0.1) is 12.5 Å². The zero-order valence-corrected chi connectivity index (χ0v) is 13.0. The van der Waals surface area contributed by atoms with Gasteiger partial charge >= 0.3 is 0 Å². The van der Waals surface area contributed by atoms with E-state index in [4.69, 9.17) is 12.2 Å². The van der Waals surface area contributed by atoms with E-state index in [2.05, 4.69) is 10.3 Å². The number of aromatic nitrogens is 1. The van der Waals surface area contributed by atoms with Crippen molar-refractivity contribution in [2.24, 2.45) is 0 Å². The summed E-state index contributed by atoms with van der Waals surface area (Å²) in [5.74, 6) is -0.552. The lowest BCUT2D eigenvalue weighted by Gasteiger charge is -2.12. The van der Waals surface area contributed by atoms with Crippen LogP contribution in [-0.4, -0.2) is 22.5 Å². The molecule has 0 saturated carbocycles. The molecule has 2 rings (SSSR count). The summed E-state index contributed by atoms with van der Waals surface area (Å²) >= 11 is 6.38. The minimum absolute atomic E-state index is 0.0827. The Morgan fingerprint density at radius 1 is 1.48 bits per heavy atom. The number of rotatable bonds is 5. The molecule has 2 aromatic rings. The first-order valence-electron chi connectivity index (χ1n) is 6.34. The highest BCUT2D eigenvalue weighted by Gasteiger charge is 2.12. The van der Waals surface area contributed by atoms with Gasteiger partial charge in [0, 0.05) is 17.1 Å². The van der Waals surface area contributed by atoms with Gasteiger partial charge in [0.1, 0.15) is 5.82 Å². The average molecular weight is 326 g/mol. The topological polar surface area (TPSA) is 65.1 Å². The number of aliphatic hydroxyl groups excluding tert-OH is 1. The Hall–Kier alpha value is -1.57. The zero-order chi connectivity index (χ0) is 15.4. The first kappa shape index (κ1) is 15.8. The molecule has 7 heteroatoms. The number of hydrogen-bond donors (Lipinski definition) is 3. The fourth-order valence-corrected chi connectivity index (χ4v) is 3.12. The van der Waals surface area contributed by atoms with E-state index >= 15 is 0 Å². The molecule has 21 heavy (non-hydrogen) atoms. The maximum Gasteiger partial charge on any atom is 0.225 e. The van der Waals surface area contributed by atoms with Crippen LogP contribution in [0.2, 0.25) is 0 Å². The van der Waals surface area contributed by atoms with Crippen molar-refractivity contribution in [3.05, 3.63) is 50.2 Å². The first-order chi connectivity index (χ1) is 9.95. The fourth-order valence-electron chi connectivity index (χ4n) is 1.83. The number of aliphatic hydroxyl groups is 1. The number of amides is 1. The van der Waals surface area contributed by atoms with Gasteiger partial charge in [-0.15, -0.1) is 11.3 Å². The zero-order valence-electron chi connectivity index (χ0n) is 11.4. The van der Waals surface area contributed by atoms with E-state index in [0.717, 1.165) is 10.6 Å². The summed E-state index contributed by atoms with van der Waals surface area (Å²) in [7, 11) is 0. The monoisotopic (exact) mass is 326 g/mol. The van der Waals surface area contributed by atoms with Crippen molar-refractivity contribution in [2.75, 3.05) is 6.54 Å². The summed E-state index contributed by atoms with van der Waals surface area (Å²) in [6.07, 6.45) is -0.639. The van der Waals surface area contributed by atoms with E-state index in [-0.39, 0.29) is 24.7 Å². The van der Waals surface area contributed by atoms with Crippen molar-refractivity contribution in [2.45, 2.75) is 19.4 Å². The van der Waals surface area contributed by atoms with Crippen LogP contribution in [0.15, 0.2) is 24.3 Å². The average Bonchev–Trinajstić information content (AvgIpc) is 2.75. The van der Waals surface area contributed by atoms with Crippen molar-refractivity contribution < 1.29 is 14.3 Å². The van der Waals surface area contributed by atoms with Crippen LogP contribution in [0.5, 0.6) is 0 Å². The van der Waals surface area contributed by atoms with Crippen LogP contribution in [-0.2, 0) is 11.2 Å². The second-order valence-corrected chi connectivity index (χ2v) is 6.38. The van der Waals surface area contributed by atoms with Crippen molar-refractivity contribution >= 4 is 29.5 Å². The summed E-state index contributed by atoms with van der Waals surface area (Å²) in [5, 5.41) is 12.6. The Labute approximate surface area is 130 Å². The van der Waals surface area contributed by atoms with Gasteiger partial charge in [0.15, 0.2) is 3.95 Å². The Kier molecular flexibility index (Phi) is 5.22. The normalized spacial score (nSPS) is 12.1. The summed E-state index contributed by atoms with van der Waals surface area (Å²) in [4.78, 5) is 15.7. The molecule has 0 aliphatic carbocycles. The van der Waals surface area contributed by atoms with Crippen molar-refractivity contribution in [1.29, 1.82) is 0 Å². The van der Waals surface area contributed by atoms with Gasteiger partial charge in [0.2, 0.25) is 5.91 Å². The predicted molar refractivity (Wildman–Crippen MR) is 82.3 cm³/mol. The lowest BCUT2D eigenvalue weighted by atomic mass is 10.1. The molecule has 1 atom stereocenters. The third kappa shape index (κ3) is 4.45. The molecule has 1 amide bonds. The first-order valence-corrected chi connectivity index (χ1v) is 7.57. The van der Waals surface area contributed by atoms with Gasteiger partial charge < -0.3 is 15.4 Å². The molecule has 0 saturated heterocycles. The van der Waals surface area contributed by atoms with Gasteiger partial charge in [-0.1, -0.05) is 12.1 Å². The SMILES string of the molecule is Cc1[nH]c(=S)sc1CC(=O)NCC(O)c1ccc(F)cc1. The summed E-state index contributed by atoms with van der Waals surface area (Å²) in [5.41, 5.74) is 1.45. The molecular weight excluding hydrogens is 311 g/mol. The van der Waals surface area contributed by atoms with Crippen molar-refractivity contribution in [3.8, 4) is 0 Å². The lowest BCUT2D eigenvalue weighted by molar-refractivity contribution is -0.120. The molecule has 112 valence electrons. The molecule has 3 N–H and O–H groups in total. The largest absolute Gasteiger partial charge is 0.387 e. The Balaban J connectivity index is 1.87. The predicted octanol–water partition coefficient (Wildman–Crippen LogP) is 2.65. The van der Waals surface area contributed by atoms with Crippen LogP contribution < -0.4 is 5.32 Å². The van der Waals surface area contributed by atoms with Crippen LogP contribution in [0.4, 0.5) is 4.39 Å². The summed E-state index contributed by atoms with van der Waals surface area (Å²) in [6, 6.07) is 5.54. The van der Waals surface area contributed by atoms with Gasteiger partial charge in [-0.2, -0.15) is 0 Å². The molecule has 0 aliphatic heterocycles. The van der Waals surface area contributed by atoms with E-state index < -0.39 is 6.10 Å². The van der Waals surface area contributed by atoms with Gasteiger partial charge in [-0.25, -0.2) is 4.39 Å². The van der Waals surface area contributed by atoms with Gasteiger partial charge in [-0.05, 0) is 36.8 Å². The molecule has 0 aliphatic rings. The number of carbonyl (C=O) groups is 1. The van der Waals surface area contributed by atoms with E-state index in [9.17, 15) is 14.3 Å². The maximum absolute atomic E-state index is 12.8. The highest BCUT2D eigenvalue weighted by molar-refractivity contribution is 7.73. The quantitative estimate of drug-likeness (QED) is 0.740. The van der Waals surface area contributed by atoms with Crippen LogP contribution in [0.25, 0.3) is 0 Å². The molecule has 1 aromatic heterocycles. The fraction of sp³-hybridized carbons (Fsp3) is 0.286. The minimum atomic E-state index is -0.861. The second kappa shape index (κ2) is 6.93. The van der Waals surface area contributed by atoms with Crippen LogP contribution in [0.1, 0.15) is 22.2 Å². The van der Waals surface area contributed by atoms with E-state index in [0.29, 0.717) is 9.52 Å². The number of aryl methyl sites for hydroxylation is 1. The molecule has 0 bridgehead atoms. The molecular formula is C14H15FN2O2S2. The smallest absolute Gasteiger partial charge is 0.225 e. The van der Waals surface area contributed by atoms with Crippen LogP contribution >= 0.6 is 23.6 Å². The van der Waals surface area contributed by atoms with Crippen LogP contribution in [0, 0.1) is 16.7 Å². The van der Waals surface area contributed by atoms with E-state index in [1.165, 1.54) is 35.6 Å². The highest BCUT2D eigenvalue weighted by atomic mass is 32.1. The summed E-state index contributed by atoms with van der Waals surface area (Å²) in [6.45, 7) is 1.95. The number of halogens is 1. The third-order valence-electron chi connectivity index (χ3n) is 2.99. The Bertz CT molecular complexity index is 679. The molecule has 1 heterocycles. The molecule has 0 radical (unpaired) electrons. The number of benzene rings is 1. The molecule has 1 unspecified atom stereocenters. The van der Waals surface area contributed by atoms with Crippen molar-refractivity contribution in [1.82, 2.24) is 10.3 Å². The lowest BCUT2D eigenvalue weighted by Crippen LogP contribution is -2.29. The Morgan fingerprint density at radius 2 is 2.14 bits per heavy atom. The standard InChI is InChI=1S/C14H15FN2O2S2/c1-8-12(21-14(20)17-8)6-13(19)16-7-11(18)9-2-4-10(15)5-3-9/h2-5,11,18H,6-7H2,1H3,(H,16,19)(H,17,20). The number of H-pyrrole nitrogens is 1.